The molecule has 0 radical (unpaired) electrons. The molecule has 2 amide bonds. The molecule has 0 aliphatic carbocycles. The van der Waals surface area contributed by atoms with Crippen molar-refractivity contribution in [1.29, 1.82) is 0 Å². The van der Waals surface area contributed by atoms with Crippen molar-refractivity contribution < 1.29 is 19.2 Å². The molecule has 0 unspecified atom stereocenters. The van der Waals surface area contributed by atoms with Gasteiger partial charge in [0.2, 0.25) is 0 Å². The van der Waals surface area contributed by atoms with E-state index in [0.717, 1.165) is 0 Å². The monoisotopic (exact) mass is 169 g/mol. The van der Waals surface area contributed by atoms with Crippen molar-refractivity contribution in [2.75, 3.05) is 0 Å². The summed E-state index contributed by atoms with van der Waals surface area (Å²) in [5.41, 5.74) is 0. The molecule has 0 bridgehead atoms. The van der Waals surface area contributed by atoms with Crippen LogP contribution in [0.1, 0.15) is 12.8 Å². The van der Waals surface area contributed by atoms with Crippen molar-refractivity contribution in [1.82, 2.24) is 5.06 Å². The van der Waals surface area contributed by atoms with Crippen LogP contribution in [0.25, 0.3) is 0 Å². The molecule has 1 fully saturated rings. The molecule has 0 aromatic heterocycles. The van der Waals surface area contributed by atoms with Gasteiger partial charge in [-0.2, -0.15) is 0 Å². The Bertz CT molecular complexity index is 224. The lowest BCUT2D eigenvalue weighted by Gasteiger charge is -2.11. The van der Waals surface area contributed by atoms with Crippen molar-refractivity contribution in [3.05, 3.63) is 0 Å². The first-order valence-electron chi connectivity index (χ1n) is 3.71. The second-order valence-corrected chi connectivity index (χ2v) is 2.40. The molecule has 1 heterocycles. The fourth-order valence-electron chi connectivity index (χ4n) is 0.824. The summed E-state index contributed by atoms with van der Waals surface area (Å²) in [6.45, 7) is 1.59. The standard InChI is InChI=1S/C6H8BNO4/c1-7-6(11)12-8-4(9)2-3-5(8)10/h7H,2-3H2,1H3. The zero-order chi connectivity index (χ0) is 9.14. The summed E-state index contributed by atoms with van der Waals surface area (Å²) in [6, 6.07) is 0. The first-order valence-corrected chi connectivity index (χ1v) is 3.71. The van der Waals surface area contributed by atoms with Gasteiger partial charge in [-0.15, -0.1) is 5.06 Å². The fraction of sp³-hybridized carbons (Fsp3) is 0.500. The first-order chi connectivity index (χ1) is 5.65. The smallest absolute Gasteiger partial charge is 0.277 e. The van der Waals surface area contributed by atoms with Gasteiger partial charge >= 0.3 is 0 Å². The predicted molar refractivity (Wildman–Crippen MR) is 40.6 cm³/mol. The number of carbonyl (C=O) groups excluding carboxylic acids is 3. The second-order valence-electron chi connectivity index (χ2n) is 2.40. The van der Waals surface area contributed by atoms with Crippen LogP contribution in [0.5, 0.6) is 0 Å². The first kappa shape index (κ1) is 8.77. The molecule has 1 aliphatic rings. The van der Waals surface area contributed by atoms with Gasteiger partial charge in [-0.3, -0.25) is 14.4 Å². The summed E-state index contributed by atoms with van der Waals surface area (Å²) in [7, 11) is 0.150. The number of nitrogens with zero attached hydrogens (tertiary/aromatic N) is 1. The third-order valence-corrected chi connectivity index (χ3v) is 1.49. The van der Waals surface area contributed by atoms with Gasteiger partial charge in [0.05, 0.1) is 0 Å². The van der Waals surface area contributed by atoms with E-state index in [-0.39, 0.29) is 20.1 Å². The minimum Gasteiger partial charge on any atom is -0.343 e. The molecule has 0 spiro atoms. The molecular formula is C6H8BNO4. The van der Waals surface area contributed by atoms with E-state index in [0.29, 0.717) is 5.06 Å². The van der Waals surface area contributed by atoms with E-state index in [1.165, 1.54) is 0 Å². The van der Waals surface area contributed by atoms with E-state index >= 15 is 0 Å². The SMILES string of the molecule is CBC(=O)ON1C(=O)CCC1=O. The van der Waals surface area contributed by atoms with Crippen LogP contribution in [0, 0.1) is 0 Å². The number of amides is 2. The Morgan fingerprint density at radius 3 is 2.33 bits per heavy atom. The van der Waals surface area contributed by atoms with Crippen LogP contribution >= 0.6 is 0 Å². The van der Waals surface area contributed by atoms with Crippen LogP contribution < -0.4 is 0 Å². The van der Waals surface area contributed by atoms with Crippen LogP contribution in [0.3, 0.4) is 0 Å². The van der Waals surface area contributed by atoms with E-state index in [4.69, 9.17) is 0 Å². The number of imide groups is 1. The normalized spacial score (nSPS) is 16.6. The van der Waals surface area contributed by atoms with Gasteiger partial charge in [0.25, 0.3) is 25.0 Å². The van der Waals surface area contributed by atoms with Crippen LogP contribution in [0.2, 0.25) is 6.82 Å². The van der Waals surface area contributed by atoms with Crippen molar-refractivity contribution in [3.8, 4) is 0 Å². The van der Waals surface area contributed by atoms with Gasteiger partial charge in [0.15, 0.2) is 0 Å². The Morgan fingerprint density at radius 2 is 1.92 bits per heavy atom. The van der Waals surface area contributed by atoms with Gasteiger partial charge in [-0.05, 0) is 0 Å². The molecule has 0 saturated carbocycles. The maximum Gasteiger partial charge on any atom is 0.277 e. The Kier molecular flexibility index (Phi) is 2.47. The van der Waals surface area contributed by atoms with Gasteiger partial charge in [0, 0.05) is 12.8 Å². The summed E-state index contributed by atoms with van der Waals surface area (Å²) < 4.78 is 0. The second kappa shape index (κ2) is 3.38. The number of hydrogen-bond donors (Lipinski definition) is 0. The molecule has 0 aromatic carbocycles. The van der Waals surface area contributed by atoms with Crippen molar-refractivity contribution in [2.45, 2.75) is 19.7 Å². The van der Waals surface area contributed by atoms with Gasteiger partial charge in [0.1, 0.15) is 0 Å². The Hall–Kier alpha value is -1.33. The number of hydrogen-bond acceptors (Lipinski definition) is 4. The lowest BCUT2D eigenvalue weighted by molar-refractivity contribution is -0.169. The van der Waals surface area contributed by atoms with Crippen molar-refractivity contribution in [3.63, 3.8) is 0 Å². The third kappa shape index (κ3) is 1.64. The Morgan fingerprint density at radius 1 is 1.42 bits per heavy atom. The molecule has 12 heavy (non-hydrogen) atoms. The largest absolute Gasteiger partial charge is 0.343 e. The molecule has 0 N–H and O–H groups in total. The van der Waals surface area contributed by atoms with E-state index in [2.05, 4.69) is 4.84 Å². The minimum absolute atomic E-state index is 0.135. The van der Waals surface area contributed by atoms with E-state index < -0.39 is 17.7 Å². The summed E-state index contributed by atoms with van der Waals surface area (Å²) in [4.78, 5) is 36.9. The zero-order valence-electron chi connectivity index (χ0n) is 6.70. The van der Waals surface area contributed by atoms with Gasteiger partial charge < -0.3 is 4.84 Å². The Labute approximate surface area is 69.9 Å². The third-order valence-electron chi connectivity index (χ3n) is 1.49. The van der Waals surface area contributed by atoms with Crippen molar-refractivity contribution >= 4 is 25.0 Å². The fourth-order valence-corrected chi connectivity index (χ4v) is 0.824. The quantitative estimate of drug-likeness (QED) is 0.419. The van der Waals surface area contributed by atoms with Gasteiger partial charge in [-0.25, -0.2) is 0 Å². The van der Waals surface area contributed by atoms with Crippen LogP contribution in [0.4, 0.5) is 4.79 Å². The molecule has 64 valence electrons. The molecule has 1 rings (SSSR count). The molecule has 0 atom stereocenters. The molecule has 1 saturated heterocycles. The molecule has 6 heteroatoms. The topological polar surface area (TPSA) is 63.7 Å². The highest BCUT2D eigenvalue weighted by Crippen LogP contribution is 2.11. The summed E-state index contributed by atoms with van der Waals surface area (Å²) in [5.74, 6) is -1.46. The van der Waals surface area contributed by atoms with E-state index in [9.17, 15) is 14.4 Å². The van der Waals surface area contributed by atoms with Crippen molar-refractivity contribution in [2.24, 2.45) is 0 Å². The average molecular weight is 169 g/mol. The van der Waals surface area contributed by atoms with Gasteiger partial charge in [-0.1, -0.05) is 6.82 Å². The number of carbonyl (C=O) groups is 3. The van der Waals surface area contributed by atoms with E-state index in [1.807, 2.05) is 0 Å². The highest BCUT2D eigenvalue weighted by molar-refractivity contribution is 6.70. The van der Waals surface area contributed by atoms with E-state index in [1.54, 1.807) is 6.82 Å². The summed E-state index contributed by atoms with van der Waals surface area (Å²) in [6.07, 6.45) is 0.269. The predicted octanol–water partition coefficient (Wildman–Crippen LogP) is -0.328. The zero-order valence-corrected chi connectivity index (χ0v) is 6.70. The maximum atomic E-state index is 10.9. The number of hydroxylamine groups is 2. The summed E-state index contributed by atoms with van der Waals surface area (Å²) in [5, 5.41) is 0.547. The molecule has 1 aliphatic heterocycles. The molecule has 0 aromatic rings. The van der Waals surface area contributed by atoms with Crippen LogP contribution in [-0.2, 0) is 14.4 Å². The minimum atomic E-state index is -0.571. The summed E-state index contributed by atoms with van der Waals surface area (Å²) >= 11 is 0. The lowest BCUT2D eigenvalue weighted by atomic mass is 9.83. The number of rotatable bonds is 2. The highest BCUT2D eigenvalue weighted by atomic mass is 16.7. The Balaban J connectivity index is 2.56. The lowest BCUT2D eigenvalue weighted by Crippen LogP contribution is -2.32. The molecular weight excluding hydrogens is 161 g/mol. The molecule has 5 nitrogen and oxygen atoms in total. The van der Waals surface area contributed by atoms with Crippen LogP contribution in [0.15, 0.2) is 0 Å². The maximum absolute atomic E-state index is 10.9. The average Bonchev–Trinajstić information content (AvgIpc) is 2.35. The highest BCUT2D eigenvalue weighted by Gasteiger charge is 2.32. The van der Waals surface area contributed by atoms with Crippen LogP contribution in [-0.4, -0.2) is 30.0 Å².